The minimum Gasteiger partial charge on any atom is -0.456 e. The summed E-state index contributed by atoms with van der Waals surface area (Å²) in [4.78, 5) is 2.52. The van der Waals surface area contributed by atoms with Crippen LogP contribution in [0.15, 0.2) is 217 Å². The minimum absolute atomic E-state index is 0.161. The lowest BCUT2D eigenvalue weighted by Crippen LogP contribution is -2.26. The molecule has 1 spiro atoms. The molecule has 0 saturated heterocycles. The lowest BCUT2D eigenvalue weighted by atomic mass is 9.70. The van der Waals surface area contributed by atoms with Crippen LogP contribution in [0.5, 0.6) is 0 Å². The van der Waals surface area contributed by atoms with Crippen LogP contribution in [-0.2, 0) is 10.8 Å². The number of rotatable bonds is 4. The van der Waals surface area contributed by atoms with E-state index in [2.05, 4.69) is 231 Å². The first-order chi connectivity index (χ1) is 31.5. The van der Waals surface area contributed by atoms with Crippen LogP contribution < -0.4 is 4.90 Å². The molecule has 0 N–H and O–H groups in total. The molecule has 2 heteroatoms. The van der Waals surface area contributed by atoms with E-state index in [4.69, 9.17) is 4.42 Å². The fourth-order valence-electron chi connectivity index (χ4n) is 12.0. The summed E-state index contributed by atoms with van der Waals surface area (Å²) in [6.45, 7) is 4.75. The quantitative estimate of drug-likeness (QED) is 0.176. The largest absolute Gasteiger partial charge is 0.456 e. The first-order valence-corrected chi connectivity index (χ1v) is 22.4. The maximum atomic E-state index is 6.51. The third kappa shape index (κ3) is 4.64. The van der Waals surface area contributed by atoms with E-state index in [-0.39, 0.29) is 5.41 Å². The van der Waals surface area contributed by atoms with E-state index in [9.17, 15) is 0 Å². The van der Waals surface area contributed by atoms with E-state index >= 15 is 0 Å². The molecule has 1 aromatic heterocycles. The molecule has 14 rings (SSSR count). The maximum Gasteiger partial charge on any atom is 0.136 e. The molecule has 0 unspecified atom stereocenters. The highest BCUT2D eigenvalue weighted by molar-refractivity contribution is 6.11. The van der Waals surface area contributed by atoms with Gasteiger partial charge in [0.05, 0.1) is 11.1 Å². The zero-order valence-electron chi connectivity index (χ0n) is 35.6. The summed E-state index contributed by atoms with van der Waals surface area (Å²) in [6, 6.07) is 79.2. The van der Waals surface area contributed by atoms with Gasteiger partial charge in [-0.3, -0.25) is 0 Å². The molecule has 0 radical (unpaired) electrons. The Labute approximate surface area is 372 Å². The van der Waals surface area contributed by atoms with E-state index in [1.54, 1.807) is 0 Å². The number of hydrogen-bond donors (Lipinski definition) is 0. The van der Waals surface area contributed by atoms with Crippen LogP contribution in [0.2, 0.25) is 0 Å². The predicted octanol–water partition coefficient (Wildman–Crippen LogP) is 16.5. The molecule has 0 saturated carbocycles. The van der Waals surface area contributed by atoms with Gasteiger partial charge in [0, 0.05) is 33.1 Å². The van der Waals surface area contributed by atoms with Gasteiger partial charge in [0.15, 0.2) is 0 Å². The van der Waals surface area contributed by atoms with Crippen LogP contribution in [-0.4, -0.2) is 0 Å². The summed E-state index contributed by atoms with van der Waals surface area (Å²) in [5.74, 6) is 0. The maximum absolute atomic E-state index is 6.51. The van der Waals surface area contributed by atoms with Crippen molar-refractivity contribution in [1.29, 1.82) is 0 Å². The molecule has 0 aliphatic heterocycles. The molecule has 10 aromatic carbocycles. The molecule has 64 heavy (non-hydrogen) atoms. The standard InChI is InChI=1S/C62H41NO/c1-61(2)52-22-10-5-18-44(52)48-30-28-41(36-56(48)61)63(58-26-14-9-17-43(58)40-27-32-59-50(34-40)51-33-38-15-3-4-16-39(38)35-60(51)64-59)42-29-31-49-47-21-8-13-25-55(47)62(57(49)37-42)53-23-11-6-19-45(53)46-20-7-12-24-54(46)62/h3-37H,1-2H3. The van der Waals surface area contributed by atoms with Gasteiger partial charge in [-0.25, -0.2) is 0 Å². The molecule has 1 heterocycles. The molecule has 0 atom stereocenters. The zero-order valence-corrected chi connectivity index (χ0v) is 35.6. The monoisotopic (exact) mass is 815 g/mol. The van der Waals surface area contributed by atoms with Gasteiger partial charge in [-0.1, -0.05) is 172 Å². The number of anilines is 3. The molecule has 0 fully saturated rings. The highest BCUT2D eigenvalue weighted by Crippen LogP contribution is 2.63. The molecule has 3 aliphatic carbocycles. The Hall–Kier alpha value is -7.94. The lowest BCUT2D eigenvalue weighted by Gasteiger charge is -2.33. The Morgan fingerprint density at radius 2 is 0.812 bits per heavy atom. The van der Waals surface area contributed by atoms with E-state index in [1.165, 1.54) is 77.5 Å². The lowest BCUT2D eigenvalue weighted by molar-refractivity contribution is 0.660. The third-order valence-corrected chi connectivity index (χ3v) is 14.9. The Morgan fingerprint density at radius 1 is 0.344 bits per heavy atom. The number of para-hydroxylation sites is 1. The Morgan fingerprint density at radius 3 is 1.45 bits per heavy atom. The summed E-state index contributed by atoms with van der Waals surface area (Å²) < 4.78 is 6.51. The molecule has 3 aliphatic rings. The zero-order chi connectivity index (χ0) is 42.3. The second kappa shape index (κ2) is 12.8. The first-order valence-electron chi connectivity index (χ1n) is 22.4. The van der Waals surface area contributed by atoms with Gasteiger partial charge in [0.1, 0.15) is 11.2 Å². The molecule has 300 valence electrons. The molecule has 11 aromatic rings. The van der Waals surface area contributed by atoms with Crippen molar-refractivity contribution in [2.75, 3.05) is 4.90 Å². The number of nitrogens with zero attached hydrogens (tertiary/aromatic N) is 1. The van der Waals surface area contributed by atoms with Crippen LogP contribution >= 0.6 is 0 Å². The molecule has 0 amide bonds. The van der Waals surface area contributed by atoms with Gasteiger partial charge in [0.2, 0.25) is 0 Å². The minimum atomic E-state index is -0.459. The van der Waals surface area contributed by atoms with E-state index in [0.717, 1.165) is 50.1 Å². The van der Waals surface area contributed by atoms with Crippen molar-refractivity contribution in [3.63, 3.8) is 0 Å². The van der Waals surface area contributed by atoms with Gasteiger partial charge in [-0.05, 0) is 138 Å². The van der Waals surface area contributed by atoms with Crippen LogP contribution in [0, 0.1) is 0 Å². The Bertz CT molecular complexity index is 3730. The normalized spacial score (nSPS) is 14.3. The second-order valence-electron chi connectivity index (χ2n) is 18.4. The third-order valence-electron chi connectivity index (χ3n) is 14.9. The van der Waals surface area contributed by atoms with Crippen molar-refractivity contribution in [3.8, 4) is 44.5 Å². The van der Waals surface area contributed by atoms with Crippen LogP contribution in [0.1, 0.15) is 47.2 Å². The number of fused-ring (bicyclic) bond motifs is 17. The summed E-state index contributed by atoms with van der Waals surface area (Å²) in [5, 5.41) is 4.64. The molecular weight excluding hydrogens is 775 g/mol. The topological polar surface area (TPSA) is 16.4 Å². The average molecular weight is 816 g/mol. The van der Waals surface area contributed by atoms with Crippen molar-refractivity contribution in [3.05, 3.63) is 246 Å². The number of hydrogen-bond acceptors (Lipinski definition) is 2. The van der Waals surface area contributed by atoms with Gasteiger partial charge in [-0.2, -0.15) is 0 Å². The molecule has 2 nitrogen and oxygen atoms in total. The second-order valence-corrected chi connectivity index (χ2v) is 18.4. The van der Waals surface area contributed by atoms with E-state index in [0.29, 0.717) is 0 Å². The van der Waals surface area contributed by atoms with Crippen molar-refractivity contribution >= 4 is 49.8 Å². The Balaban J connectivity index is 1.02. The fraction of sp³-hybridized carbons (Fsp3) is 0.0645. The van der Waals surface area contributed by atoms with Crippen molar-refractivity contribution in [1.82, 2.24) is 0 Å². The fourth-order valence-corrected chi connectivity index (χ4v) is 12.0. The first kappa shape index (κ1) is 35.6. The van der Waals surface area contributed by atoms with E-state index < -0.39 is 5.41 Å². The molecule has 0 bridgehead atoms. The average Bonchev–Trinajstić information content (AvgIpc) is 4.02. The predicted molar refractivity (Wildman–Crippen MR) is 265 cm³/mol. The van der Waals surface area contributed by atoms with Gasteiger partial charge >= 0.3 is 0 Å². The van der Waals surface area contributed by atoms with Crippen LogP contribution in [0.3, 0.4) is 0 Å². The van der Waals surface area contributed by atoms with Gasteiger partial charge < -0.3 is 9.32 Å². The van der Waals surface area contributed by atoms with Crippen molar-refractivity contribution in [2.24, 2.45) is 0 Å². The Kier molecular flexibility index (Phi) is 7.13. The van der Waals surface area contributed by atoms with E-state index in [1.807, 2.05) is 0 Å². The summed E-state index contributed by atoms with van der Waals surface area (Å²) >= 11 is 0. The van der Waals surface area contributed by atoms with Gasteiger partial charge in [-0.15, -0.1) is 0 Å². The summed E-state index contributed by atoms with van der Waals surface area (Å²) in [5.41, 5.74) is 22.7. The van der Waals surface area contributed by atoms with Crippen LogP contribution in [0.25, 0.3) is 77.2 Å². The number of benzene rings is 10. The summed E-state index contributed by atoms with van der Waals surface area (Å²) in [6.07, 6.45) is 0. The van der Waals surface area contributed by atoms with Gasteiger partial charge in [0.25, 0.3) is 0 Å². The summed E-state index contributed by atoms with van der Waals surface area (Å²) in [7, 11) is 0. The van der Waals surface area contributed by atoms with Crippen LogP contribution in [0.4, 0.5) is 17.1 Å². The smallest absolute Gasteiger partial charge is 0.136 e. The SMILES string of the molecule is CC1(C)c2ccccc2-c2ccc(N(c3ccc4c(c3)C3(c5ccccc5-c5ccccc53)c3ccccc3-4)c3ccccc3-c3ccc4oc5cc6ccccc6cc5c4c3)cc21. The van der Waals surface area contributed by atoms with Crippen molar-refractivity contribution < 1.29 is 4.42 Å². The number of furan rings is 1. The van der Waals surface area contributed by atoms with Crippen molar-refractivity contribution in [2.45, 2.75) is 24.7 Å². The highest BCUT2D eigenvalue weighted by Gasteiger charge is 2.51. The highest BCUT2D eigenvalue weighted by atomic mass is 16.3. The molecular formula is C62H41NO.